The van der Waals surface area contributed by atoms with Crippen LogP contribution in [0.25, 0.3) is 0 Å². The predicted octanol–water partition coefficient (Wildman–Crippen LogP) is 2.47. The summed E-state index contributed by atoms with van der Waals surface area (Å²) in [4.78, 5) is 12.3. The number of furan rings is 1. The molecule has 2 aromatic rings. The number of benzene rings is 1. The minimum absolute atomic E-state index is 0. The van der Waals surface area contributed by atoms with Crippen LogP contribution in [0.4, 0.5) is 0 Å². The number of amides is 1. The van der Waals surface area contributed by atoms with E-state index in [0.29, 0.717) is 5.92 Å². The summed E-state index contributed by atoms with van der Waals surface area (Å²) >= 11 is 0. The largest absolute Gasteiger partial charge is 0.448 e. The molecule has 7 nitrogen and oxygen atoms in total. The molecular weight excluding hydrogens is 390 g/mol. The van der Waals surface area contributed by atoms with Gasteiger partial charge in [0.05, 0.1) is 5.56 Å². The van der Waals surface area contributed by atoms with Crippen LogP contribution in [0.2, 0.25) is 0 Å². The van der Waals surface area contributed by atoms with Crippen LogP contribution in [-0.4, -0.2) is 27.9 Å². The molecule has 0 bridgehead atoms. The first-order valence-corrected chi connectivity index (χ1v) is 9.81. The van der Waals surface area contributed by atoms with E-state index < -0.39 is 15.9 Å². The summed E-state index contributed by atoms with van der Waals surface area (Å²) in [6.07, 6.45) is 0. The highest BCUT2D eigenvalue weighted by Crippen LogP contribution is 2.20. The van der Waals surface area contributed by atoms with Gasteiger partial charge in [-0.2, -0.15) is 0 Å². The summed E-state index contributed by atoms with van der Waals surface area (Å²) in [7, 11) is -2.47. The Hall–Kier alpha value is -1.87. The van der Waals surface area contributed by atoms with Gasteiger partial charge in [0, 0.05) is 18.7 Å². The number of nitrogens with one attached hydrogen (secondary N) is 2. The minimum atomic E-state index is -3.74. The number of halogens is 1. The fourth-order valence-electron chi connectivity index (χ4n) is 2.46. The molecule has 0 aliphatic heterocycles. The van der Waals surface area contributed by atoms with E-state index in [2.05, 4.69) is 23.9 Å². The first kappa shape index (κ1) is 23.2. The molecule has 1 aromatic carbocycles. The summed E-state index contributed by atoms with van der Waals surface area (Å²) in [6, 6.07) is 8.79. The first-order chi connectivity index (χ1) is 12.2. The Labute approximate surface area is 166 Å². The van der Waals surface area contributed by atoms with Gasteiger partial charge in [-0.05, 0) is 31.0 Å². The van der Waals surface area contributed by atoms with Crippen LogP contribution >= 0.6 is 12.4 Å². The topological polar surface area (TPSA) is 114 Å². The Kier molecular flexibility index (Phi) is 8.04. The third-order valence-electron chi connectivity index (χ3n) is 4.19. The standard InChI is InChI=1S/C18H25N3O4S.ClH/c1-11(2)13-5-7-14(8-6-13)16(19)10-21-18(22)15-9-17(25-12(15)3)26(23,24)20-4;/h5-9,11,16,20H,10,19H2,1-4H3,(H,21,22);1H. The van der Waals surface area contributed by atoms with Crippen LogP contribution in [0.3, 0.4) is 0 Å². The fraction of sp³-hybridized carbons (Fsp3) is 0.389. The van der Waals surface area contributed by atoms with Crippen molar-refractivity contribution in [1.29, 1.82) is 0 Å². The number of rotatable bonds is 7. The van der Waals surface area contributed by atoms with Gasteiger partial charge < -0.3 is 15.5 Å². The summed E-state index contributed by atoms with van der Waals surface area (Å²) < 4.78 is 30.8. The zero-order valence-corrected chi connectivity index (χ0v) is 17.4. The Morgan fingerprint density at radius 2 is 1.74 bits per heavy atom. The number of nitrogens with two attached hydrogens (primary N) is 1. The lowest BCUT2D eigenvalue weighted by molar-refractivity contribution is 0.0949. The van der Waals surface area contributed by atoms with E-state index in [1.165, 1.54) is 25.6 Å². The summed E-state index contributed by atoms with van der Waals surface area (Å²) in [6.45, 7) is 5.99. The van der Waals surface area contributed by atoms with Crippen molar-refractivity contribution < 1.29 is 17.6 Å². The molecule has 0 fully saturated rings. The van der Waals surface area contributed by atoms with Crippen molar-refractivity contribution in [2.45, 2.75) is 37.8 Å². The minimum Gasteiger partial charge on any atom is -0.448 e. The maximum atomic E-state index is 12.3. The van der Waals surface area contributed by atoms with Crippen LogP contribution in [0.5, 0.6) is 0 Å². The molecule has 150 valence electrons. The molecule has 0 saturated heterocycles. The molecule has 0 spiro atoms. The second-order valence-corrected chi connectivity index (χ2v) is 8.20. The van der Waals surface area contributed by atoms with Crippen molar-refractivity contribution in [3.8, 4) is 0 Å². The lowest BCUT2D eigenvalue weighted by Crippen LogP contribution is -2.32. The molecule has 27 heavy (non-hydrogen) atoms. The molecule has 1 amide bonds. The molecule has 0 aliphatic carbocycles. The number of sulfonamides is 1. The van der Waals surface area contributed by atoms with Gasteiger partial charge in [0.15, 0.2) is 0 Å². The van der Waals surface area contributed by atoms with Crippen molar-refractivity contribution in [3.63, 3.8) is 0 Å². The van der Waals surface area contributed by atoms with Crippen LogP contribution in [-0.2, 0) is 10.0 Å². The summed E-state index contributed by atoms with van der Waals surface area (Å²) in [5, 5.41) is 2.42. The normalized spacial score (nSPS) is 12.5. The van der Waals surface area contributed by atoms with Gasteiger partial charge >= 0.3 is 0 Å². The van der Waals surface area contributed by atoms with E-state index in [1.54, 1.807) is 0 Å². The number of aryl methyl sites for hydroxylation is 1. The maximum absolute atomic E-state index is 12.3. The molecular formula is C18H26ClN3O4S. The molecule has 1 unspecified atom stereocenters. The zero-order valence-electron chi connectivity index (χ0n) is 15.8. The highest BCUT2D eigenvalue weighted by atomic mass is 35.5. The Morgan fingerprint density at radius 1 is 1.19 bits per heavy atom. The van der Waals surface area contributed by atoms with E-state index in [0.717, 1.165) is 5.56 Å². The number of hydrogen-bond donors (Lipinski definition) is 3. The highest BCUT2D eigenvalue weighted by molar-refractivity contribution is 7.89. The third kappa shape index (κ3) is 5.55. The van der Waals surface area contributed by atoms with Gasteiger partial charge in [-0.25, -0.2) is 13.1 Å². The molecule has 0 aliphatic rings. The van der Waals surface area contributed by atoms with Gasteiger partial charge in [-0.1, -0.05) is 38.1 Å². The molecule has 1 aromatic heterocycles. The number of carbonyl (C=O) groups is 1. The SMILES string of the molecule is CNS(=O)(=O)c1cc(C(=O)NCC(N)c2ccc(C(C)C)cc2)c(C)o1.Cl. The van der Waals surface area contributed by atoms with E-state index in [1.807, 2.05) is 24.3 Å². The highest BCUT2D eigenvalue weighted by Gasteiger charge is 2.22. The van der Waals surface area contributed by atoms with Gasteiger partial charge in [0.25, 0.3) is 15.9 Å². The van der Waals surface area contributed by atoms with Crippen LogP contribution in [0.15, 0.2) is 39.8 Å². The lowest BCUT2D eigenvalue weighted by Gasteiger charge is -2.14. The van der Waals surface area contributed by atoms with E-state index >= 15 is 0 Å². The van der Waals surface area contributed by atoms with Crippen LogP contribution in [0.1, 0.15) is 53.1 Å². The smallest absolute Gasteiger partial charge is 0.273 e. The summed E-state index contributed by atoms with van der Waals surface area (Å²) in [5.41, 5.74) is 8.44. The Bertz CT molecular complexity index is 877. The van der Waals surface area contributed by atoms with Gasteiger partial charge in [0.2, 0.25) is 5.09 Å². The molecule has 0 radical (unpaired) electrons. The van der Waals surface area contributed by atoms with E-state index in [-0.39, 0.29) is 41.4 Å². The molecule has 1 heterocycles. The Morgan fingerprint density at radius 3 is 2.26 bits per heavy atom. The molecule has 1 atom stereocenters. The summed E-state index contributed by atoms with van der Waals surface area (Å²) in [5.74, 6) is 0.233. The number of carbonyl (C=O) groups excluding carboxylic acids is 1. The lowest BCUT2D eigenvalue weighted by atomic mass is 9.99. The number of hydrogen-bond acceptors (Lipinski definition) is 5. The molecule has 4 N–H and O–H groups in total. The van der Waals surface area contributed by atoms with Gasteiger partial charge in [-0.15, -0.1) is 12.4 Å². The average Bonchev–Trinajstić information content (AvgIpc) is 3.02. The van der Waals surface area contributed by atoms with Crippen LogP contribution < -0.4 is 15.8 Å². The van der Waals surface area contributed by atoms with Gasteiger partial charge in [0.1, 0.15) is 5.76 Å². The second-order valence-electron chi connectivity index (χ2n) is 6.38. The quantitative estimate of drug-likeness (QED) is 0.642. The van der Waals surface area contributed by atoms with E-state index in [9.17, 15) is 13.2 Å². The van der Waals surface area contributed by atoms with Crippen molar-refractivity contribution in [2.24, 2.45) is 5.73 Å². The first-order valence-electron chi connectivity index (χ1n) is 8.33. The second kappa shape index (κ2) is 9.36. The third-order valence-corrected chi connectivity index (χ3v) is 5.46. The van der Waals surface area contributed by atoms with E-state index in [4.69, 9.17) is 10.2 Å². The maximum Gasteiger partial charge on any atom is 0.273 e. The molecule has 0 saturated carbocycles. The van der Waals surface area contributed by atoms with Crippen LogP contribution in [0, 0.1) is 6.92 Å². The van der Waals surface area contributed by atoms with Crippen molar-refractivity contribution >= 4 is 28.3 Å². The van der Waals surface area contributed by atoms with Crippen molar-refractivity contribution in [1.82, 2.24) is 10.0 Å². The Balaban J connectivity index is 0.00000364. The van der Waals surface area contributed by atoms with Gasteiger partial charge in [-0.3, -0.25) is 4.79 Å². The predicted molar refractivity (Wildman–Crippen MR) is 107 cm³/mol. The van der Waals surface area contributed by atoms with Crippen molar-refractivity contribution in [3.05, 3.63) is 52.8 Å². The van der Waals surface area contributed by atoms with Crippen molar-refractivity contribution in [2.75, 3.05) is 13.6 Å². The molecule has 2 rings (SSSR count). The zero-order chi connectivity index (χ0) is 19.5. The fourth-order valence-corrected chi connectivity index (χ4v) is 3.17. The monoisotopic (exact) mass is 415 g/mol. The average molecular weight is 416 g/mol. The molecule has 9 heteroatoms.